The molecule has 2 heteroatoms. The molecule has 0 spiro atoms. The van der Waals surface area contributed by atoms with Gasteiger partial charge >= 0.3 is 0 Å². The zero-order valence-corrected chi connectivity index (χ0v) is 9.73. The summed E-state index contributed by atoms with van der Waals surface area (Å²) in [7, 11) is 0. The third-order valence-corrected chi connectivity index (χ3v) is 3.29. The van der Waals surface area contributed by atoms with Gasteiger partial charge in [0.05, 0.1) is 6.04 Å². The molecule has 0 radical (unpaired) electrons. The fourth-order valence-electron chi connectivity index (χ4n) is 2.28. The number of pyridine rings is 1. The van der Waals surface area contributed by atoms with E-state index in [4.69, 9.17) is 5.73 Å². The van der Waals surface area contributed by atoms with Gasteiger partial charge in [-0.3, -0.25) is 4.98 Å². The maximum absolute atomic E-state index is 6.29. The second-order valence-electron chi connectivity index (χ2n) is 4.49. The lowest BCUT2D eigenvalue weighted by molar-refractivity contribution is 0.602. The van der Waals surface area contributed by atoms with Crippen LogP contribution in [0.4, 0.5) is 0 Å². The smallest absolute Gasteiger partial charge is 0.0512 e. The van der Waals surface area contributed by atoms with Gasteiger partial charge in [-0.1, -0.05) is 24.5 Å². The summed E-state index contributed by atoms with van der Waals surface area (Å²) < 4.78 is 0. The van der Waals surface area contributed by atoms with Crippen molar-refractivity contribution in [1.82, 2.24) is 4.98 Å². The highest BCUT2D eigenvalue weighted by Gasteiger charge is 2.12. The van der Waals surface area contributed by atoms with Gasteiger partial charge in [0.2, 0.25) is 0 Å². The molecule has 1 atom stereocenters. The first-order chi connectivity index (χ1) is 7.88. The second-order valence-corrected chi connectivity index (χ2v) is 4.49. The standard InChI is InChI=1S/C14H20N2/c15-14(13-8-10-16-11-9-13)12-6-4-2-1-3-5-7-12/h6,8-11,14H,1-5,7,15H2/b12-6+. The molecule has 1 aromatic heterocycles. The van der Waals surface area contributed by atoms with Crippen LogP contribution in [0.1, 0.15) is 50.1 Å². The number of nitrogens with zero attached hydrogens (tertiary/aromatic N) is 1. The highest BCUT2D eigenvalue weighted by Crippen LogP contribution is 2.26. The maximum Gasteiger partial charge on any atom is 0.0512 e. The minimum Gasteiger partial charge on any atom is -0.321 e. The van der Waals surface area contributed by atoms with E-state index in [2.05, 4.69) is 11.1 Å². The third-order valence-electron chi connectivity index (χ3n) is 3.29. The number of allylic oxidation sites excluding steroid dienone is 1. The average molecular weight is 216 g/mol. The van der Waals surface area contributed by atoms with Crippen LogP contribution in [0, 0.1) is 0 Å². The van der Waals surface area contributed by atoms with Crippen LogP contribution in [0.15, 0.2) is 36.2 Å². The topological polar surface area (TPSA) is 38.9 Å². The first kappa shape index (κ1) is 11.3. The van der Waals surface area contributed by atoms with Crippen LogP contribution in [0.5, 0.6) is 0 Å². The molecule has 0 aromatic carbocycles. The Balaban J connectivity index is 2.10. The molecule has 0 saturated carbocycles. The van der Waals surface area contributed by atoms with Crippen LogP contribution in [0.2, 0.25) is 0 Å². The fourth-order valence-corrected chi connectivity index (χ4v) is 2.28. The van der Waals surface area contributed by atoms with E-state index in [9.17, 15) is 0 Å². The predicted molar refractivity (Wildman–Crippen MR) is 67.0 cm³/mol. The van der Waals surface area contributed by atoms with E-state index in [1.165, 1.54) is 43.2 Å². The fraction of sp³-hybridized carbons (Fsp3) is 0.500. The summed E-state index contributed by atoms with van der Waals surface area (Å²) in [5, 5.41) is 0. The summed E-state index contributed by atoms with van der Waals surface area (Å²) in [6, 6.07) is 4.11. The zero-order valence-electron chi connectivity index (χ0n) is 9.73. The van der Waals surface area contributed by atoms with E-state index < -0.39 is 0 Å². The van der Waals surface area contributed by atoms with Crippen molar-refractivity contribution in [2.24, 2.45) is 5.73 Å². The second kappa shape index (κ2) is 5.80. The molecule has 1 heterocycles. The van der Waals surface area contributed by atoms with Crippen LogP contribution in [-0.4, -0.2) is 4.98 Å². The van der Waals surface area contributed by atoms with Gasteiger partial charge in [0.1, 0.15) is 0 Å². The lowest BCUT2D eigenvalue weighted by atomic mass is 9.92. The molecule has 1 aliphatic rings. The minimum atomic E-state index is 0.0705. The Morgan fingerprint density at radius 3 is 2.62 bits per heavy atom. The van der Waals surface area contributed by atoms with Gasteiger partial charge in [0, 0.05) is 12.4 Å². The molecule has 0 aliphatic heterocycles. The monoisotopic (exact) mass is 216 g/mol. The number of hydrogen-bond acceptors (Lipinski definition) is 2. The van der Waals surface area contributed by atoms with Gasteiger partial charge < -0.3 is 5.73 Å². The molecule has 0 fully saturated rings. The SMILES string of the molecule is NC(/C1=C/CCCCCC1)c1ccncc1. The zero-order chi connectivity index (χ0) is 11.2. The molecule has 2 rings (SSSR count). The van der Waals surface area contributed by atoms with Crippen molar-refractivity contribution in [3.63, 3.8) is 0 Å². The third kappa shape index (κ3) is 2.92. The normalized spacial score (nSPS) is 22.7. The Labute approximate surface area is 97.6 Å². The van der Waals surface area contributed by atoms with E-state index in [0.29, 0.717) is 0 Å². The van der Waals surface area contributed by atoms with Gasteiger partial charge in [-0.25, -0.2) is 0 Å². The van der Waals surface area contributed by atoms with Crippen molar-refractivity contribution in [2.45, 2.75) is 44.6 Å². The largest absolute Gasteiger partial charge is 0.321 e. The van der Waals surface area contributed by atoms with E-state index in [0.717, 1.165) is 6.42 Å². The van der Waals surface area contributed by atoms with Gasteiger partial charge in [-0.15, -0.1) is 0 Å². The van der Waals surface area contributed by atoms with Gasteiger partial charge in [-0.2, -0.15) is 0 Å². The van der Waals surface area contributed by atoms with Crippen molar-refractivity contribution < 1.29 is 0 Å². The lowest BCUT2D eigenvalue weighted by Crippen LogP contribution is -2.14. The first-order valence-corrected chi connectivity index (χ1v) is 6.22. The quantitative estimate of drug-likeness (QED) is 0.770. The summed E-state index contributed by atoms with van der Waals surface area (Å²) in [5.41, 5.74) is 8.88. The molecule has 0 saturated heterocycles. The van der Waals surface area contributed by atoms with Gasteiger partial charge in [-0.05, 0) is 43.4 Å². The molecule has 2 nitrogen and oxygen atoms in total. The van der Waals surface area contributed by atoms with E-state index in [-0.39, 0.29) is 6.04 Å². The highest BCUT2D eigenvalue weighted by atomic mass is 14.7. The van der Waals surface area contributed by atoms with E-state index in [1.54, 1.807) is 0 Å². The van der Waals surface area contributed by atoms with Crippen LogP contribution in [-0.2, 0) is 0 Å². The summed E-state index contributed by atoms with van der Waals surface area (Å²) in [6.45, 7) is 0. The Morgan fingerprint density at radius 2 is 1.81 bits per heavy atom. The highest BCUT2D eigenvalue weighted by molar-refractivity contribution is 5.25. The van der Waals surface area contributed by atoms with E-state index >= 15 is 0 Å². The van der Waals surface area contributed by atoms with Crippen molar-refractivity contribution in [1.29, 1.82) is 0 Å². The predicted octanol–water partition coefficient (Wildman–Crippen LogP) is 3.36. The van der Waals surface area contributed by atoms with Crippen molar-refractivity contribution in [2.75, 3.05) is 0 Å². The summed E-state index contributed by atoms with van der Waals surface area (Å²) in [6.07, 6.45) is 13.6. The molecule has 2 N–H and O–H groups in total. The Bertz CT molecular complexity index is 343. The average Bonchev–Trinajstić information content (AvgIpc) is 2.29. The van der Waals surface area contributed by atoms with Crippen LogP contribution < -0.4 is 5.73 Å². The van der Waals surface area contributed by atoms with E-state index in [1.807, 2.05) is 24.5 Å². The maximum atomic E-state index is 6.29. The van der Waals surface area contributed by atoms with Crippen molar-refractivity contribution >= 4 is 0 Å². The Hall–Kier alpha value is -1.15. The number of rotatable bonds is 2. The lowest BCUT2D eigenvalue weighted by Gasteiger charge is -2.18. The van der Waals surface area contributed by atoms with Crippen LogP contribution in [0.25, 0.3) is 0 Å². The summed E-state index contributed by atoms with van der Waals surface area (Å²) in [4.78, 5) is 4.03. The molecule has 86 valence electrons. The molecule has 1 unspecified atom stereocenters. The number of nitrogens with two attached hydrogens (primary N) is 1. The van der Waals surface area contributed by atoms with Gasteiger partial charge in [0.15, 0.2) is 0 Å². The van der Waals surface area contributed by atoms with Crippen LogP contribution >= 0.6 is 0 Å². The van der Waals surface area contributed by atoms with Crippen molar-refractivity contribution in [3.05, 3.63) is 41.7 Å². The van der Waals surface area contributed by atoms with Crippen molar-refractivity contribution in [3.8, 4) is 0 Å². The minimum absolute atomic E-state index is 0.0705. The summed E-state index contributed by atoms with van der Waals surface area (Å²) in [5.74, 6) is 0. The molecule has 1 aliphatic carbocycles. The molecule has 16 heavy (non-hydrogen) atoms. The summed E-state index contributed by atoms with van der Waals surface area (Å²) >= 11 is 0. The Kier molecular flexibility index (Phi) is 4.11. The number of aromatic nitrogens is 1. The first-order valence-electron chi connectivity index (χ1n) is 6.22. The molecular weight excluding hydrogens is 196 g/mol. The molecule has 0 bridgehead atoms. The Morgan fingerprint density at radius 1 is 1.06 bits per heavy atom. The van der Waals surface area contributed by atoms with Gasteiger partial charge in [0.25, 0.3) is 0 Å². The molecule has 1 aromatic rings. The molecular formula is C14H20N2. The number of hydrogen-bond donors (Lipinski definition) is 1. The van der Waals surface area contributed by atoms with Crippen LogP contribution in [0.3, 0.4) is 0 Å². The molecule has 0 amide bonds.